The molecule has 0 aliphatic carbocycles. The molecule has 0 unspecified atom stereocenters. The lowest BCUT2D eigenvalue weighted by molar-refractivity contribution is 0.301. The Bertz CT molecular complexity index is 576. The zero-order chi connectivity index (χ0) is 14.5. The van der Waals surface area contributed by atoms with Gasteiger partial charge >= 0.3 is 0 Å². The second kappa shape index (κ2) is 7.48. The first-order chi connectivity index (χ1) is 9.63. The van der Waals surface area contributed by atoms with E-state index in [9.17, 15) is 0 Å². The molecule has 0 saturated heterocycles. The van der Waals surface area contributed by atoms with Gasteiger partial charge in [0.1, 0.15) is 18.1 Å². The van der Waals surface area contributed by atoms with E-state index >= 15 is 0 Å². The summed E-state index contributed by atoms with van der Waals surface area (Å²) < 4.78 is 13.0. The van der Waals surface area contributed by atoms with Gasteiger partial charge in [-0.05, 0) is 67.3 Å². The number of ether oxygens (including phenoxy) is 2. The fourth-order valence-electron chi connectivity index (χ4n) is 1.75. The van der Waals surface area contributed by atoms with Crippen LogP contribution in [-0.4, -0.2) is 7.11 Å². The van der Waals surface area contributed by atoms with Crippen LogP contribution < -0.4 is 9.47 Å². The van der Waals surface area contributed by atoms with Crippen molar-refractivity contribution >= 4 is 47.8 Å². The van der Waals surface area contributed by atoms with Crippen LogP contribution in [0.5, 0.6) is 11.5 Å². The molecule has 0 aliphatic heterocycles. The van der Waals surface area contributed by atoms with Crippen molar-refractivity contribution in [1.29, 1.82) is 0 Å². The van der Waals surface area contributed by atoms with Gasteiger partial charge in [0.15, 0.2) is 0 Å². The third-order valence-electron chi connectivity index (χ3n) is 2.73. The molecule has 0 amide bonds. The van der Waals surface area contributed by atoms with Crippen molar-refractivity contribution in [3.8, 4) is 11.5 Å². The summed E-state index contributed by atoms with van der Waals surface area (Å²) in [5, 5.41) is 0.806. The van der Waals surface area contributed by atoms with Crippen molar-refractivity contribution in [2.75, 3.05) is 7.11 Å². The highest BCUT2D eigenvalue weighted by Gasteiger charge is 2.09. The molecule has 0 radical (unpaired) electrons. The van der Waals surface area contributed by atoms with Gasteiger partial charge < -0.3 is 9.47 Å². The van der Waals surface area contributed by atoms with Gasteiger partial charge in [0.25, 0.3) is 0 Å². The fourth-order valence-corrected chi connectivity index (χ4v) is 3.58. The van der Waals surface area contributed by atoms with E-state index in [1.54, 1.807) is 7.11 Å². The predicted molar refractivity (Wildman–Crippen MR) is 91.8 cm³/mol. The number of benzene rings is 2. The highest BCUT2D eigenvalue weighted by Crippen LogP contribution is 2.36. The van der Waals surface area contributed by atoms with Crippen LogP contribution in [-0.2, 0) is 11.9 Å². The minimum atomic E-state index is 0.488. The quantitative estimate of drug-likeness (QED) is 0.529. The van der Waals surface area contributed by atoms with Crippen molar-refractivity contribution in [3.63, 3.8) is 0 Å². The lowest BCUT2D eigenvalue weighted by atomic mass is 10.2. The summed E-state index contributed by atoms with van der Waals surface area (Å²) in [4.78, 5) is 0. The standard InChI is InChI=1S/C15H13Br3O2/c1-19-12-4-2-3-10(5-12)9-20-15-13(17)6-11(8-16)7-14(15)18/h2-7H,8-9H2,1H3. The molecule has 0 saturated carbocycles. The van der Waals surface area contributed by atoms with E-state index in [1.807, 2.05) is 36.4 Å². The molecule has 0 spiro atoms. The Labute approximate surface area is 143 Å². The molecular weight excluding hydrogens is 452 g/mol. The van der Waals surface area contributed by atoms with E-state index in [0.29, 0.717) is 6.61 Å². The van der Waals surface area contributed by atoms with Crippen LogP contribution in [0.25, 0.3) is 0 Å². The topological polar surface area (TPSA) is 18.5 Å². The molecule has 0 atom stereocenters. The van der Waals surface area contributed by atoms with E-state index in [-0.39, 0.29) is 0 Å². The molecule has 106 valence electrons. The van der Waals surface area contributed by atoms with Gasteiger partial charge in [-0.15, -0.1) is 0 Å². The zero-order valence-corrected chi connectivity index (χ0v) is 15.6. The minimum Gasteiger partial charge on any atom is -0.497 e. The molecule has 2 nitrogen and oxygen atoms in total. The highest BCUT2D eigenvalue weighted by atomic mass is 79.9. The molecule has 0 N–H and O–H groups in total. The summed E-state index contributed by atoms with van der Waals surface area (Å²) in [6, 6.07) is 11.9. The third kappa shape index (κ3) is 3.99. The van der Waals surface area contributed by atoms with Gasteiger partial charge in [-0.2, -0.15) is 0 Å². The Morgan fingerprint density at radius 2 is 1.70 bits per heavy atom. The van der Waals surface area contributed by atoms with Gasteiger partial charge in [0.05, 0.1) is 16.1 Å². The molecular formula is C15H13Br3O2. The van der Waals surface area contributed by atoms with E-state index in [0.717, 1.165) is 31.3 Å². The smallest absolute Gasteiger partial charge is 0.148 e. The first kappa shape index (κ1) is 15.9. The van der Waals surface area contributed by atoms with Crippen LogP contribution in [0.3, 0.4) is 0 Å². The SMILES string of the molecule is COc1cccc(COc2c(Br)cc(CBr)cc2Br)c1. The molecule has 0 bridgehead atoms. The normalized spacial score (nSPS) is 10.4. The Hall–Kier alpha value is -0.520. The van der Waals surface area contributed by atoms with Gasteiger partial charge in [-0.25, -0.2) is 0 Å². The number of alkyl halides is 1. The van der Waals surface area contributed by atoms with Crippen molar-refractivity contribution in [1.82, 2.24) is 0 Å². The molecule has 0 aliphatic rings. The number of hydrogen-bond acceptors (Lipinski definition) is 2. The molecule has 2 rings (SSSR count). The fraction of sp³-hybridized carbons (Fsp3) is 0.200. The molecule has 2 aromatic rings. The van der Waals surface area contributed by atoms with Gasteiger partial charge in [-0.1, -0.05) is 28.1 Å². The average molecular weight is 465 g/mol. The predicted octanol–water partition coefficient (Wildman–Crippen LogP) is 5.69. The first-order valence-electron chi connectivity index (χ1n) is 5.93. The molecule has 2 aromatic carbocycles. The molecule has 0 fully saturated rings. The van der Waals surface area contributed by atoms with Crippen molar-refractivity contribution < 1.29 is 9.47 Å². The van der Waals surface area contributed by atoms with Crippen molar-refractivity contribution in [2.24, 2.45) is 0 Å². The summed E-state index contributed by atoms with van der Waals surface area (Å²) in [7, 11) is 1.66. The summed E-state index contributed by atoms with van der Waals surface area (Å²) >= 11 is 10.5. The summed E-state index contributed by atoms with van der Waals surface area (Å²) in [5.41, 5.74) is 2.24. The minimum absolute atomic E-state index is 0.488. The number of halogens is 3. The maximum atomic E-state index is 5.89. The van der Waals surface area contributed by atoms with E-state index in [1.165, 1.54) is 5.56 Å². The summed E-state index contributed by atoms with van der Waals surface area (Å²) in [5.74, 6) is 1.64. The maximum absolute atomic E-state index is 5.89. The van der Waals surface area contributed by atoms with Crippen molar-refractivity contribution in [2.45, 2.75) is 11.9 Å². The van der Waals surface area contributed by atoms with Crippen LogP contribution in [0.1, 0.15) is 11.1 Å². The Morgan fingerprint density at radius 3 is 2.30 bits per heavy atom. The first-order valence-corrected chi connectivity index (χ1v) is 8.64. The van der Waals surface area contributed by atoms with E-state index < -0.39 is 0 Å². The van der Waals surface area contributed by atoms with Gasteiger partial charge in [-0.3, -0.25) is 0 Å². The largest absolute Gasteiger partial charge is 0.497 e. The molecule has 0 aromatic heterocycles. The van der Waals surface area contributed by atoms with Gasteiger partial charge in [0, 0.05) is 5.33 Å². The van der Waals surface area contributed by atoms with Crippen LogP contribution in [0.4, 0.5) is 0 Å². The van der Waals surface area contributed by atoms with Crippen molar-refractivity contribution in [3.05, 3.63) is 56.5 Å². The number of methoxy groups -OCH3 is 1. The second-order valence-corrected chi connectivity index (χ2v) is 6.43. The van der Waals surface area contributed by atoms with Gasteiger partial charge in [0.2, 0.25) is 0 Å². The van der Waals surface area contributed by atoms with Crippen LogP contribution in [0.15, 0.2) is 45.3 Å². The lowest BCUT2D eigenvalue weighted by Crippen LogP contribution is -1.98. The molecule has 5 heteroatoms. The Kier molecular flexibility index (Phi) is 5.93. The third-order valence-corrected chi connectivity index (χ3v) is 4.56. The lowest BCUT2D eigenvalue weighted by Gasteiger charge is -2.12. The Morgan fingerprint density at radius 1 is 1.00 bits per heavy atom. The van der Waals surface area contributed by atoms with Crippen LogP contribution in [0.2, 0.25) is 0 Å². The monoisotopic (exact) mass is 462 g/mol. The number of rotatable bonds is 5. The number of hydrogen-bond donors (Lipinski definition) is 0. The molecule has 0 heterocycles. The highest BCUT2D eigenvalue weighted by molar-refractivity contribution is 9.11. The maximum Gasteiger partial charge on any atom is 0.148 e. The van der Waals surface area contributed by atoms with E-state index in [4.69, 9.17) is 9.47 Å². The summed E-state index contributed by atoms with van der Waals surface area (Å²) in [6.07, 6.45) is 0. The zero-order valence-electron chi connectivity index (χ0n) is 10.8. The molecule has 20 heavy (non-hydrogen) atoms. The average Bonchev–Trinajstić information content (AvgIpc) is 2.46. The second-order valence-electron chi connectivity index (χ2n) is 4.16. The van der Waals surface area contributed by atoms with Crippen LogP contribution in [0, 0.1) is 0 Å². The summed E-state index contributed by atoms with van der Waals surface area (Å²) in [6.45, 7) is 0.488. The van der Waals surface area contributed by atoms with E-state index in [2.05, 4.69) is 47.8 Å². The van der Waals surface area contributed by atoms with Crippen LogP contribution >= 0.6 is 47.8 Å². The Balaban J connectivity index is 2.14.